The van der Waals surface area contributed by atoms with Crippen molar-refractivity contribution in [2.24, 2.45) is 0 Å². The maximum absolute atomic E-state index is 2.60. The molecule has 0 N–H and O–H groups in total. The molecule has 3 aliphatic rings. The van der Waals surface area contributed by atoms with Gasteiger partial charge in [0, 0.05) is 50.6 Å². The van der Waals surface area contributed by atoms with Crippen molar-refractivity contribution < 1.29 is 0 Å². The molecule has 0 atom stereocenters. The summed E-state index contributed by atoms with van der Waals surface area (Å²) in [5.74, 6) is 0. The lowest BCUT2D eigenvalue weighted by Gasteiger charge is -2.46. The van der Waals surface area contributed by atoms with Gasteiger partial charge in [-0.3, -0.25) is 0 Å². The molecule has 1 aromatic heterocycles. The first-order chi connectivity index (χ1) is 35.9. The van der Waals surface area contributed by atoms with E-state index in [1.165, 1.54) is 111 Å². The molecule has 0 unspecified atom stereocenters. The smallest absolute Gasteiger partial charge is 0.252 e. The first-order valence-corrected chi connectivity index (χ1v) is 26.2. The zero-order valence-corrected chi connectivity index (χ0v) is 43.2. The fourth-order valence-electron chi connectivity index (χ4n) is 12.4. The number of para-hydroxylation sites is 3. The molecule has 5 heteroatoms. The molecule has 11 aromatic rings. The molecule has 4 heterocycles. The molecule has 0 bridgehead atoms. The van der Waals surface area contributed by atoms with Crippen LogP contribution in [0, 0.1) is 6.92 Å². The number of nitrogens with zero attached hydrogens (tertiary/aromatic N) is 4. The molecule has 4 nitrogen and oxygen atoms in total. The standard InChI is InChI=1S/C69H57BN4/c1-44-41-63-65-64(42-44)74-60-21-13-18-56-55-17-11-12-20-59(55)73(66(56)60)61-22-14-19-58(67(61)74)70(65)57-40-39-54(71(51-35-29-49(30-36-51)68(2,3)4)52-37-31-50(32-38-52)69(5,6)7)43-62(57)72(63)53-33-27-48(28-34-53)47-25-23-46(24-26-47)45-15-9-8-10-16-45/h8-43H,1-7H3. The van der Waals surface area contributed by atoms with Crippen LogP contribution in [0.2, 0.25) is 0 Å². The van der Waals surface area contributed by atoms with Crippen molar-refractivity contribution in [2.75, 3.05) is 14.7 Å². The maximum atomic E-state index is 2.60. The Hall–Kier alpha value is -8.54. The van der Waals surface area contributed by atoms with E-state index in [1.54, 1.807) is 0 Å². The van der Waals surface area contributed by atoms with Crippen LogP contribution < -0.4 is 31.1 Å². The van der Waals surface area contributed by atoms with Crippen molar-refractivity contribution >= 4 is 96.1 Å². The normalized spacial score (nSPS) is 13.3. The summed E-state index contributed by atoms with van der Waals surface area (Å²) in [6, 6.07) is 82.2. The second-order valence-corrected chi connectivity index (χ2v) is 22.7. The molecule has 0 fully saturated rings. The molecule has 0 saturated heterocycles. The predicted molar refractivity (Wildman–Crippen MR) is 316 cm³/mol. The molecule has 0 saturated carbocycles. The summed E-state index contributed by atoms with van der Waals surface area (Å²) >= 11 is 0. The maximum Gasteiger partial charge on any atom is 0.252 e. The van der Waals surface area contributed by atoms with Gasteiger partial charge in [-0.25, -0.2) is 0 Å². The number of rotatable bonds is 6. The van der Waals surface area contributed by atoms with Crippen molar-refractivity contribution in [1.29, 1.82) is 0 Å². The number of fused-ring (bicyclic) bond motifs is 9. The topological polar surface area (TPSA) is 14.7 Å². The molecule has 10 aromatic carbocycles. The minimum Gasteiger partial charge on any atom is -0.311 e. The second kappa shape index (κ2) is 16.2. The fourth-order valence-corrected chi connectivity index (χ4v) is 12.4. The Kier molecular flexibility index (Phi) is 9.69. The van der Waals surface area contributed by atoms with Crippen LogP contribution in [0.3, 0.4) is 0 Å². The monoisotopic (exact) mass is 952 g/mol. The Labute approximate surface area is 435 Å². The highest BCUT2D eigenvalue weighted by Gasteiger charge is 2.46. The van der Waals surface area contributed by atoms with Gasteiger partial charge < -0.3 is 19.3 Å². The SMILES string of the molecule is Cc1cc2c3c(c1)N1c4c(cccc4-n4c5ccccc5c5cccc1c54)B3c1ccc(N(c3ccc(C(C)(C)C)cc3)c3ccc(C(C)(C)C)cc3)cc1N2c1ccc(-c2ccc(-c3ccccc3)cc2)cc1. The summed E-state index contributed by atoms with van der Waals surface area (Å²) in [6.45, 7) is 16.0. The summed E-state index contributed by atoms with van der Waals surface area (Å²) in [5.41, 5.74) is 26.9. The second-order valence-electron chi connectivity index (χ2n) is 22.7. The van der Waals surface area contributed by atoms with Gasteiger partial charge in [0.1, 0.15) is 0 Å². The highest BCUT2D eigenvalue weighted by atomic mass is 15.2. The highest BCUT2D eigenvalue weighted by Crippen LogP contribution is 2.53. The molecule has 3 aliphatic heterocycles. The van der Waals surface area contributed by atoms with Crippen molar-refractivity contribution in [3.05, 3.63) is 235 Å². The highest BCUT2D eigenvalue weighted by molar-refractivity contribution is 7.00. The van der Waals surface area contributed by atoms with E-state index < -0.39 is 0 Å². The average molecular weight is 953 g/mol. The predicted octanol–water partition coefficient (Wildman–Crippen LogP) is 16.9. The number of aromatic nitrogens is 1. The molecule has 74 heavy (non-hydrogen) atoms. The van der Waals surface area contributed by atoms with Crippen LogP contribution in [0.1, 0.15) is 58.2 Å². The van der Waals surface area contributed by atoms with Gasteiger partial charge in [0.15, 0.2) is 0 Å². The lowest BCUT2D eigenvalue weighted by atomic mass is 9.33. The van der Waals surface area contributed by atoms with Crippen LogP contribution in [-0.2, 0) is 10.8 Å². The largest absolute Gasteiger partial charge is 0.311 e. The third-order valence-corrected chi connectivity index (χ3v) is 16.0. The van der Waals surface area contributed by atoms with Crippen molar-refractivity contribution in [3.63, 3.8) is 0 Å². The first-order valence-electron chi connectivity index (χ1n) is 26.2. The summed E-state index contributed by atoms with van der Waals surface area (Å²) in [5, 5.41) is 2.55. The minimum absolute atomic E-state index is 0.0253. The number of hydrogen-bond acceptors (Lipinski definition) is 3. The molecule has 0 radical (unpaired) electrons. The van der Waals surface area contributed by atoms with Gasteiger partial charge in [-0.05, 0) is 152 Å². The van der Waals surface area contributed by atoms with Crippen LogP contribution in [0.15, 0.2) is 218 Å². The lowest BCUT2D eigenvalue weighted by Crippen LogP contribution is -2.61. The van der Waals surface area contributed by atoms with Crippen LogP contribution in [0.5, 0.6) is 0 Å². The molecule has 14 rings (SSSR count). The summed E-state index contributed by atoms with van der Waals surface area (Å²) in [6.07, 6.45) is 0. The Morgan fingerprint density at radius 2 is 0.919 bits per heavy atom. The van der Waals surface area contributed by atoms with Gasteiger partial charge in [0.2, 0.25) is 0 Å². The van der Waals surface area contributed by atoms with Crippen molar-refractivity contribution in [1.82, 2.24) is 4.57 Å². The zero-order chi connectivity index (χ0) is 50.2. The van der Waals surface area contributed by atoms with E-state index in [-0.39, 0.29) is 17.5 Å². The van der Waals surface area contributed by atoms with Crippen molar-refractivity contribution in [3.8, 4) is 27.9 Å². The van der Waals surface area contributed by atoms with Gasteiger partial charge in [0.25, 0.3) is 6.71 Å². The Bertz CT molecular complexity index is 3970. The summed E-state index contributed by atoms with van der Waals surface area (Å²) in [4.78, 5) is 7.60. The molecular formula is C69H57BN4. The number of aryl methyl sites for hydroxylation is 1. The van der Waals surface area contributed by atoms with E-state index in [2.05, 4.69) is 286 Å². The lowest BCUT2D eigenvalue weighted by molar-refractivity contribution is 0.590. The number of hydrogen-bond donors (Lipinski definition) is 0. The Balaban J connectivity index is 0.994. The van der Waals surface area contributed by atoms with Crippen molar-refractivity contribution in [2.45, 2.75) is 59.3 Å². The summed E-state index contributed by atoms with van der Waals surface area (Å²) in [7, 11) is 0. The number of anilines is 9. The van der Waals surface area contributed by atoms with Crippen LogP contribution >= 0.6 is 0 Å². The Morgan fingerprint density at radius 1 is 0.392 bits per heavy atom. The fraction of sp³-hybridized carbons (Fsp3) is 0.130. The third-order valence-electron chi connectivity index (χ3n) is 16.0. The van der Waals surface area contributed by atoms with Gasteiger partial charge in [-0.15, -0.1) is 0 Å². The van der Waals surface area contributed by atoms with E-state index in [0.29, 0.717) is 0 Å². The average Bonchev–Trinajstić information content (AvgIpc) is 3.76. The summed E-state index contributed by atoms with van der Waals surface area (Å²) < 4.78 is 2.53. The molecule has 0 spiro atoms. The third kappa shape index (κ3) is 6.76. The van der Waals surface area contributed by atoms with E-state index in [4.69, 9.17) is 0 Å². The van der Waals surface area contributed by atoms with E-state index in [0.717, 1.165) is 22.7 Å². The minimum atomic E-state index is -0.0253. The van der Waals surface area contributed by atoms with Crippen LogP contribution in [0.4, 0.5) is 51.2 Å². The van der Waals surface area contributed by atoms with E-state index in [9.17, 15) is 0 Å². The molecular weight excluding hydrogens is 896 g/mol. The first kappa shape index (κ1) is 44.2. The molecule has 0 amide bonds. The quantitative estimate of drug-likeness (QED) is 0.154. The van der Waals surface area contributed by atoms with Gasteiger partial charge >= 0.3 is 0 Å². The van der Waals surface area contributed by atoms with E-state index in [1.807, 2.05) is 0 Å². The molecule has 356 valence electrons. The van der Waals surface area contributed by atoms with E-state index >= 15 is 0 Å². The number of benzene rings is 10. The van der Waals surface area contributed by atoms with Crippen LogP contribution in [-0.4, -0.2) is 11.3 Å². The Morgan fingerprint density at radius 3 is 1.55 bits per heavy atom. The van der Waals surface area contributed by atoms with Gasteiger partial charge in [-0.1, -0.05) is 181 Å². The van der Waals surface area contributed by atoms with Gasteiger partial charge in [-0.2, -0.15) is 0 Å². The molecule has 0 aliphatic carbocycles. The van der Waals surface area contributed by atoms with Crippen LogP contribution in [0.25, 0.3) is 49.7 Å². The van der Waals surface area contributed by atoms with Gasteiger partial charge in [0.05, 0.1) is 28.1 Å². The zero-order valence-electron chi connectivity index (χ0n) is 43.2.